The summed E-state index contributed by atoms with van der Waals surface area (Å²) in [4.78, 5) is 30.8. The third kappa shape index (κ3) is 5.61. The predicted octanol–water partition coefficient (Wildman–Crippen LogP) is 5.25. The Morgan fingerprint density at radius 2 is 2.00 bits per heavy atom. The first-order valence-electron chi connectivity index (χ1n) is 16.7. The van der Waals surface area contributed by atoms with Gasteiger partial charge in [-0.1, -0.05) is 23.7 Å². The van der Waals surface area contributed by atoms with E-state index in [2.05, 4.69) is 17.0 Å². The van der Waals surface area contributed by atoms with E-state index >= 15 is 0 Å². The van der Waals surface area contributed by atoms with Gasteiger partial charge in [-0.15, -0.1) is 0 Å². The molecule has 45 heavy (non-hydrogen) atoms. The van der Waals surface area contributed by atoms with Crippen LogP contribution in [-0.4, -0.2) is 75.0 Å². The van der Waals surface area contributed by atoms with Gasteiger partial charge in [0.1, 0.15) is 5.75 Å². The highest BCUT2D eigenvalue weighted by Crippen LogP contribution is 2.48. The normalized spacial score (nSPS) is 33.3. The summed E-state index contributed by atoms with van der Waals surface area (Å²) >= 11 is 6.45. The van der Waals surface area contributed by atoms with Gasteiger partial charge in [0.15, 0.2) is 5.60 Å². The number of nitrogens with zero attached hydrogens (tertiary/aromatic N) is 2. The molecule has 0 unspecified atom stereocenters. The lowest BCUT2D eigenvalue weighted by Crippen LogP contribution is -2.50. The number of anilines is 1. The Kier molecular flexibility index (Phi) is 8.28. The molecule has 9 heteroatoms. The number of halogens is 1. The van der Waals surface area contributed by atoms with Crippen molar-refractivity contribution in [3.8, 4) is 5.75 Å². The smallest absolute Gasteiger partial charge is 0.343 e. The van der Waals surface area contributed by atoms with Crippen LogP contribution in [0.5, 0.6) is 5.75 Å². The number of esters is 1. The highest BCUT2D eigenvalue weighted by atomic mass is 35.5. The summed E-state index contributed by atoms with van der Waals surface area (Å²) in [6.07, 6.45) is 8.06. The number of carbonyl (C=O) groups excluding carboxylic acids is 2. The van der Waals surface area contributed by atoms with Crippen molar-refractivity contribution in [2.24, 2.45) is 17.8 Å². The number of fused-ring (bicyclic) bond motifs is 7. The quantitative estimate of drug-likeness (QED) is 0.428. The van der Waals surface area contributed by atoms with Crippen molar-refractivity contribution >= 4 is 29.2 Å². The van der Waals surface area contributed by atoms with E-state index in [0.29, 0.717) is 36.5 Å². The van der Waals surface area contributed by atoms with Crippen molar-refractivity contribution in [1.29, 1.82) is 0 Å². The number of carbonyl (C=O) groups is 2. The van der Waals surface area contributed by atoms with Crippen molar-refractivity contribution in [2.45, 2.75) is 74.9 Å². The van der Waals surface area contributed by atoms with E-state index in [0.717, 1.165) is 87.5 Å². The molecule has 0 aromatic heterocycles. The highest BCUT2D eigenvalue weighted by Gasteiger charge is 2.47. The van der Waals surface area contributed by atoms with Crippen LogP contribution in [0.1, 0.15) is 68.1 Å². The van der Waals surface area contributed by atoms with Gasteiger partial charge in [-0.25, -0.2) is 4.79 Å². The van der Waals surface area contributed by atoms with Crippen molar-refractivity contribution in [1.82, 2.24) is 4.90 Å². The number of rotatable bonds is 1. The van der Waals surface area contributed by atoms with Crippen LogP contribution >= 0.6 is 11.6 Å². The second-order valence-electron chi connectivity index (χ2n) is 14.2. The minimum atomic E-state index is -2.13. The number of aliphatic hydroxyl groups is 1. The van der Waals surface area contributed by atoms with Gasteiger partial charge in [0.2, 0.25) is 5.91 Å². The van der Waals surface area contributed by atoms with Gasteiger partial charge in [0.05, 0.1) is 31.9 Å². The molecule has 3 aliphatic heterocycles. The second kappa shape index (κ2) is 12.1. The standard InChI is InChI=1S/C36H45ClN2O6/c1-38-14-11-23-12-15-44-32(16-23)28-8-5-25(28)20-39-21-35(13-3-4-24-17-27(37)7-9-29(24)35)22-45-31-10-6-26(18-30(31)39)36(42,19-33(38)40)34(41)43-2/h6-7,9-10,17-18,23,25,28,32,42H,3-5,8,11-16,19-22H2,1-2H3/t23-,25+,28-,32+,35+,36-/m1/s1. The first-order valence-corrected chi connectivity index (χ1v) is 17.0. The Balaban J connectivity index is 1.33. The van der Waals surface area contributed by atoms with Crippen LogP contribution in [0.4, 0.5) is 5.69 Å². The van der Waals surface area contributed by atoms with E-state index < -0.39 is 18.0 Å². The Bertz CT molecular complexity index is 1470. The fourth-order valence-electron chi connectivity index (χ4n) is 8.74. The largest absolute Gasteiger partial charge is 0.490 e. The maximum atomic E-state index is 13.5. The van der Waals surface area contributed by atoms with Gasteiger partial charge >= 0.3 is 5.97 Å². The van der Waals surface area contributed by atoms with Crippen LogP contribution in [0.25, 0.3) is 0 Å². The van der Waals surface area contributed by atoms with Crippen molar-refractivity contribution in [3.05, 3.63) is 58.1 Å². The number of aryl methyl sites for hydroxylation is 1. The van der Waals surface area contributed by atoms with E-state index in [1.165, 1.54) is 18.2 Å². The summed E-state index contributed by atoms with van der Waals surface area (Å²) < 4.78 is 18.2. The van der Waals surface area contributed by atoms with E-state index in [-0.39, 0.29) is 17.4 Å². The minimum absolute atomic E-state index is 0.235. The molecule has 7 rings (SSSR count). The molecule has 8 nitrogen and oxygen atoms in total. The maximum absolute atomic E-state index is 13.5. The number of hydrogen-bond acceptors (Lipinski definition) is 7. The molecule has 3 heterocycles. The van der Waals surface area contributed by atoms with E-state index in [4.69, 9.17) is 25.8 Å². The molecule has 2 aliphatic carbocycles. The summed E-state index contributed by atoms with van der Waals surface area (Å²) in [6.45, 7) is 3.43. The average Bonchev–Trinajstić information content (AvgIpc) is 3.18. The Morgan fingerprint density at radius 3 is 2.80 bits per heavy atom. The Labute approximate surface area is 270 Å². The van der Waals surface area contributed by atoms with Crippen molar-refractivity contribution in [2.75, 3.05) is 51.9 Å². The highest BCUT2D eigenvalue weighted by molar-refractivity contribution is 6.30. The van der Waals surface area contributed by atoms with Crippen LogP contribution in [0.2, 0.25) is 5.02 Å². The average molecular weight is 637 g/mol. The molecule has 4 bridgehead atoms. The van der Waals surface area contributed by atoms with Gasteiger partial charge in [-0.05, 0) is 110 Å². The van der Waals surface area contributed by atoms with Crippen molar-refractivity contribution < 1.29 is 28.9 Å². The fraction of sp³-hybridized carbons (Fsp3) is 0.611. The van der Waals surface area contributed by atoms with Gasteiger partial charge in [-0.3, -0.25) is 4.79 Å². The zero-order valence-corrected chi connectivity index (χ0v) is 27.2. The summed E-state index contributed by atoms with van der Waals surface area (Å²) in [5, 5.41) is 12.7. The van der Waals surface area contributed by atoms with E-state index in [1.54, 1.807) is 18.0 Å². The first-order chi connectivity index (χ1) is 21.7. The number of methoxy groups -OCH3 is 1. The molecule has 5 aliphatic rings. The van der Waals surface area contributed by atoms with E-state index in [9.17, 15) is 14.7 Å². The molecule has 1 amide bonds. The topological polar surface area (TPSA) is 88.5 Å². The lowest BCUT2D eigenvalue weighted by Gasteiger charge is -2.48. The maximum Gasteiger partial charge on any atom is 0.343 e. The predicted molar refractivity (Wildman–Crippen MR) is 172 cm³/mol. The molecule has 1 N–H and O–H groups in total. The number of hydrogen-bond donors (Lipinski definition) is 1. The third-order valence-electron chi connectivity index (χ3n) is 11.6. The molecule has 1 saturated heterocycles. The molecule has 2 aromatic rings. The van der Waals surface area contributed by atoms with Crippen LogP contribution in [0.15, 0.2) is 36.4 Å². The monoisotopic (exact) mass is 636 g/mol. The molecule has 0 radical (unpaired) electrons. The van der Waals surface area contributed by atoms with Gasteiger partial charge in [0.25, 0.3) is 0 Å². The lowest BCUT2D eigenvalue weighted by atomic mass is 9.67. The molecule has 242 valence electrons. The summed E-state index contributed by atoms with van der Waals surface area (Å²) in [6, 6.07) is 11.7. The molecular weight excluding hydrogens is 592 g/mol. The van der Waals surface area contributed by atoms with Gasteiger partial charge < -0.3 is 29.1 Å². The van der Waals surface area contributed by atoms with Crippen molar-refractivity contribution in [3.63, 3.8) is 0 Å². The van der Waals surface area contributed by atoms with Gasteiger partial charge in [-0.2, -0.15) is 0 Å². The zero-order valence-electron chi connectivity index (χ0n) is 26.4. The molecule has 2 aromatic carbocycles. The number of amides is 1. The molecule has 2 fully saturated rings. The molecular formula is C36H45ClN2O6. The third-order valence-corrected chi connectivity index (χ3v) is 11.8. The Morgan fingerprint density at radius 1 is 1.13 bits per heavy atom. The Hall–Kier alpha value is -2.81. The number of benzene rings is 2. The second-order valence-corrected chi connectivity index (χ2v) is 14.7. The molecule has 6 atom stereocenters. The van der Waals surface area contributed by atoms with Gasteiger partial charge in [0, 0.05) is 43.7 Å². The van der Waals surface area contributed by atoms with Crippen LogP contribution < -0.4 is 9.64 Å². The number of ether oxygens (including phenoxy) is 3. The van der Waals surface area contributed by atoms with Crippen LogP contribution in [0, 0.1) is 17.8 Å². The minimum Gasteiger partial charge on any atom is -0.490 e. The molecule has 1 saturated carbocycles. The van der Waals surface area contributed by atoms with E-state index in [1.807, 2.05) is 18.2 Å². The van der Waals surface area contributed by atoms with Crippen LogP contribution in [0.3, 0.4) is 0 Å². The first kappa shape index (κ1) is 30.8. The molecule has 1 spiro atoms. The SMILES string of the molecule is COC(=O)[C@@]1(O)CC(=O)N(C)CC[C@@H]2CCO[C@@H](C2)[C@@H]2CC[C@H]2CN2C[C@@]3(CCCc4cc(Cl)ccc43)COc3ccc1cc32. The lowest BCUT2D eigenvalue weighted by molar-refractivity contribution is -0.168. The van der Waals surface area contributed by atoms with Crippen LogP contribution in [-0.2, 0) is 36.5 Å². The zero-order chi connectivity index (χ0) is 31.3. The summed E-state index contributed by atoms with van der Waals surface area (Å²) in [5.74, 6) is 1.01. The summed E-state index contributed by atoms with van der Waals surface area (Å²) in [7, 11) is 3.00. The summed E-state index contributed by atoms with van der Waals surface area (Å²) in [5.41, 5.74) is 1.40. The fourth-order valence-corrected chi connectivity index (χ4v) is 8.94.